The number of amides is 2. The molecule has 1 aromatic heterocycles. The van der Waals surface area contributed by atoms with Crippen LogP contribution in [0.5, 0.6) is 5.75 Å². The highest BCUT2D eigenvalue weighted by molar-refractivity contribution is 6.06. The maximum atomic E-state index is 12.6. The van der Waals surface area contributed by atoms with E-state index in [-0.39, 0.29) is 11.6 Å². The average Bonchev–Trinajstić information content (AvgIpc) is 3.14. The molecule has 6 heteroatoms. The van der Waals surface area contributed by atoms with E-state index in [2.05, 4.69) is 10.6 Å². The molecule has 0 atom stereocenters. The van der Waals surface area contributed by atoms with Gasteiger partial charge in [0.1, 0.15) is 17.2 Å². The summed E-state index contributed by atoms with van der Waals surface area (Å²) in [6.45, 7) is 2.57. The topological polar surface area (TPSA) is 80.6 Å². The summed E-state index contributed by atoms with van der Waals surface area (Å²) in [4.78, 5) is 25.0. The number of methoxy groups -OCH3 is 1. The zero-order chi connectivity index (χ0) is 18.1. The Bertz CT molecular complexity index is 736. The van der Waals surface area contributed by atoms with Crippen molar-refractivity contribution in [3.05, 3.63) is 59.7 Å². The molecule has 0 aliphatic carbocycles. The number of unbranched alkanes of at least 4 members (excludes halogenated alkanes) is 1. The highest BCUT2D eigenvalue weighted by atomic mass is 16.5. The van der Waals surface area contributed by atoms with Crippen LogP contribution in [0.1, 0.15) is 35.9 Å². The fraction of sp³-hybridized carbons (Fsp3) is 0.263. The van der Waals surface area contributed by atoms with Gasteiger partial charge in [0.05, 0.1) is 18.9 Å². The molecule has 2 aromatic rings. The van der Waals surface area contributed by atoms with E-state index in [1.165, 1.54) is 19.4 Å². The smallest absolute Gasteiger partial charge is 0.267 e. The van der Waals surface area contributed by atoms with E-state index < -0.39 is 5.91 Å². The van der Waals surface area contributed by atoms with E-state index >= 15 is 0 Å². The molecule has 2 amide bonds. The lowest BCUT2D eigenvalue weighted by molar-refractivity contribution is -0.117. The summed E-state index contributed by atoms with van der Waals surface area (Å²) < 4.78 is 10.4. The lowest BCUT2D eigenvalue weighted by atomic mass is 10.2. The van der Waals surface area contributed by atoms with Crippen LogP contribution < -0.4 is 15.4 Å². The number of furan rings is 1. The van der Waals surface area contributed by atoms with E-state index in [4.69, 9.17) is 9.15 Å². The van der Waals surface area contributed by atoms with Crippen LogP contribution in [-0.4, -0.2) is 25.5 Å². The molecular formula is C19H22N2O4. The molecule has 0 saturated carbocycles. The Morgan fingerprint density at radius 3 is 2.68 bits per heavy atom. The largest absolute Gasteiger partial charge is 0.496 e. The van der Waals surface area contributed by atoms with Crippen molar-refractivity contribution in [3.63, 3.8) is 0 Å². The van der Waals surface area contributed by atoms with Crippen molar-refractivity contribution in [1.82, 2.24) is 10.6 Å². The van der Waals surface area contributed by atoms with Gasteiger partial charge in [-0.15, -0.1) is 0 Å². The first-order valence-corrected chi connectivity index (χ1v) is 8.13. The molecule has 0 unspecified atom stereocenters. The lowest BCUT2D eigenvalue weighted by Crippen LogP contribution is -2.35. The van der Waals surface area contributed by atoms with Crippen molar-refractivity contribution in [2.75, 3.05) is 13.7 Å². The molecule has 0 bridgehead atoms. The second kappa shape index (κ2) is 9.32. The molecule has 0 aliphatic heterocycles. The number of rotatable bonds is 8. The molecule has 0 aliphatic rings. The minimum Gasteiger partial charge on any atom is -0.496 e. The van der Waals surface area contributed by atoms with Crippen molar-refractivity contribution >= 4 is 17.9 Å². The summed E-state index contributed by atoms with van der Waals surface area (Å²) in [7, 11) is 1.49. The van der Waals surface area contributed by atoms with Crippen LogP contribution in [0.25, 0.3) is 6.08 Å². The molecule has 132 valence electrons. The van der Waals surface area contributed by atoms with Crippen molar-refractivity contribution < 1.29 is 18.7 Å². The third kappa shape index (κ3) is 5.24. The first kappa shape index (κ1) is 18.3. The number of hydrogen-bond donors (Lipinski definition) is 2. The van der Waals surface area contributed by atoms with E-state index in [9.17, 15) is 9.59 Å². The van der Waals surface area contributed by atoms with E-state index in [0.29, 0.717) is 23.6 Å². The number of para-hydroxylation sites is 1. The summed E-state index contributed by atoms with van der Waals surface area (Å²) in [6.07, 6.45) is 4.82. The van der Waals surface area contributed by atoms with E-state index in [1.807, 2.05) is 6.92 Å². The molecule has 1 heterocycles. The first-order chi connectivity index (χ1) is 12.2. The number of nitrogens with one attached hydrogen (secondary N) is 2. The number of hydrogen-bond acceptors (Lipinski definition) is 4. The van der Waals surface area contributed by atoms with Crippen molar-refractivity contribution in [2.45, 2.75) is 19.8 Å². The van der Waals surface area contributed by atoms with Crippen LogP contribution in [0, 0.1) is 0 Å². The maximum absolute atomic E-state index is 12.6. The Labute approximate surface area is 146 Å². The molecule has 6 nitrogen and oxygen atoms in total. The fourth-order valence-corrected chi connectivity index (χ4v) is 2.17. The van der Waals surface area contributed by atoms with Crippen LogP contribution in [0.2, 0.25) is 0 Å². The minimum atomic E-state index is -0.430. The Kier molecular flexibility index (Phi) is 6.83. The van der Waals surface area contributed by atoms with Gasteiger partial charge >= 0.3 is 0 Å². The third-order valence-corrected chi connectivity index (χ3v) is 3.49. The van der Waals surface area contributed by atoms with Gasteiger partial charge in [0.2, 0.25) is 0 Å². The van der Waals surface area contributed by atoms with Gasteiger partial charge in [0.15, 0.2) is 0 Å². The van der Waals surface area contributed by atoms with Gasteiger partial charge in [-0.05, 0) is 30.7 Å². The van der Waals surface area contributed by atoms with Crippen molar-refractivity contribution in [1.29, 1.82) is 0 Å². The molecule has 25 heavy (non-hydrogen) atoms. The van der Waals surface area contributed by atoms with Gasteiger partial charge in [-0.2, -0.15) is 0 Å². The Balaban J connectivity index is 2.20. The van der Waals surface area contributed by atoms with Gasteiger partial charge < -0.3 is 19.8 Å². The predicted molar refractivity (Wildman–Crippen MR) is 95.1 cm³/mol. The Morgan fingerprint density at radius 1 is 1.20 bits per heavy atom. The van der Waals surface area contributed by atoms with Gasteiger partial charge in [-0.1, -0.05) is 25.5 Å². The number of ether oxygens (including phenoxy) is 1. The second-order valence-corrected chi connectivity index (χ2v) is 5.34. The SMILES string of the molecule is CCCCNC(=O)/C(=C/c1ccco1)NC(=O)c1ccccc1OC. The third-order valence-electron chi connectivity index (χ3n) is 3.49. The summed E-state index contributed by atoms with van der Waals surface area (Å²) >= 11 is 0. The Morgan fingerprint density at radius 2 is 2.00 bits per heavy atom. The Hall–Kier alpha value is -3.02. The minimum absolute atomic E-state index is 0.113. The number of carbonyl (C=O) groups is 2. The van der Waals surface area contributed by atoms with E-state index in [0.717, 1.165) is 12.8 Å². The molecule has 0 spiro atoms. The van der Waals surface area contributed by atoms with Crippen LogP contribution in [0.3, 0.4) is 0 Å². The predicted octanol–water partition coefficient (Wildman–Crippen LogP) is 2.98. The van der Waals surface area contributed by atoms with Gasteiger partial charge in [0.25, 0.3) is 11.8 Å². The van der Waals surface area contributed by atoms with Crippen molar-refractivity contribution in [3.8, 4) is 5.75 Å². The molecule has 0 saturated heterocycles. The van der Waals surface area contributed by atoms with Crippen LogP contribution in [-0.2, 0) is 4.79 Å². The fourth-order valence-electron chi connectivity index (χ4n) is 2.17. The molecule has 2 rings (SSSR count). The maximum Gasteiger partial charge on any atom is 0.267 e. The normalized spacial score (nSPS) is 11.0. The average molecular weight is 342 g/mol. The summed E-state index contributed by atoms with van der Waals surface area (Å²) in [5.74, 6) is 0.110. The molecule has 1 aromatic carbocycles. The summed E-state index contributed by atoms with van der Waals surface area (Å²) in [5, 5.41) is 5.43. The summed E-state index contributed by atoms with van der Waals surface area (Å²) in [6, 6.07) is 10.2. The van der Waals surface area contributed by atoms with Crippen LogP contribution >= 0.6 is 0 Å². The highest BCUT2D eigenvalue weighted by Gasteiger charge is 2.17. The highest BCUT2D eigenvalue weighted by Crippen LogP contribution is 2.17. The molecule has 2 N–H and O–H groups in total. The van der Waals surface area contributed by atoms with Gasteiger partial charge in [-0.25, -0.2) is 0 Å². The first-order valence-electron chi connectivity index (χ1n) is 8.13. The molecule has 0 fully saturated rings. The molecule has 0 radical (unpaired) electrons. The van der Waals surface area contributed by atoms with E-state index in [1.54, 1.807) is 36.4 Å². The monoisotopic (exact) mass is 342 g/mol. The van der Waals surface area contributed by atoms with Crippen molar-refractivity contribution in [2.24, 2.45) is 0 Å². The summed E-state index contributed by atoms with van der Waals surface area (Å²) in [5.41, 5.74) is 0.457. The standard InChI is InChI=1S/C19H22N2O4/c1-3-4-11-20-19(23)16(13-14-8-7-12-25-14)21-18(22)15-9-5-6-10-17(15)24-2/h5-10,12-13H,3-4,11H2,1-2H3,(H,20,23)(H,21,22)/b16-13-. The van der Waals surface area contributed by atoms with Gasteiger partial charge in [-0.3, -0.25) is 9.59 Å². The quantitative estimate of drug-likeness (QED) is 0.571. The number of carbonyl (C=O) groups excluding carboxylic acids is 2. The number of benzene rings is 1. The van der Waals surface area contributed by atoms with Crippen LogP contribution in [0.4, 0.5) is 0 Å². The van der Waals surface area contributed by atoms with Crippen LogP contribution in [0.15, 0.2) is 52.8 Å². The zero-order valence-corrected chi connectivity index (χ0v) is 14.4. The zero-order valence-electron chi connectivity index (χ0n) is 14.4. The lowest BCUT2D eigenvalue weighted by Gasteiger charge is -2.12. The van der Waals surface area contributed by atoms with Gasteiger partial charge in [0, 0.05) is 12.6 Å². The molecular weight excluding hydrogens is 320 g/mol. The second-order valence-electron chi connectivity index (χ2n) is 5.34.